The van der Waals surface area contributed by atoms with E-state index < -0.39 is 11.9 Å². The number of nitrogens with zero attached hydrogens (tertiary/aromatic N) is 2. The minimum Gasteiger partial charge on any atom is -0.488 e. The molecule has 1 saturated heterocycles. The number of carbonyl (C=O) groups excluding carboxylic acids is 1. The van der Waals surface area contributed by atoms with E-state index in [0.717, 1.165) is 6.20 Å². The van der Waals surface area contributed by atoms with Crippen LogP contribution >= 0.6 is 0 Å². The van der Waals surface area contributed by atoms with Crippen LogP contribution in [0.3, 0.4) is 0 Å². The van der Waals surface area contributed by atoms with Crippen LogP contribution < -0.4 is 14.2 Å². The van der Waals surface area contributed by atoms with Crippen molar-refractivity contribution in [3.63, 3.8) is 0 Å². The van der Waals surface area contributed by atoms with Gasteiger partial charge >= 0.3 is 0 Å². The number of ether oxygens (including phenoxy) is 3. The van der Waals surface area contributed by atoms with Crippen molar-refractivity contribution in [2.24, 2.45) is 11.8 Å². The van der Waals surface area contributed by atoms with E-state index in [2.05, 4.69) is 4.98 Å². The number of aliphatic hydroxyl groups is 1. The molecular weight excluding hydrogens is 379 g/mol. The molecule has 2 aliphatic heterocycles. The van der Waals surface area contributed by atoms with Gasteiger partial charge in [0.25, 0.3) is 5.91 Å². The van der Waals surface area contributed by atoms with Crippen LogP contribution in [0.25, 0.3) is 0 Å². The number of benzene rings is 1. The Bertz CT molecular complexity index is 939. The molecule has 1 aromatic heterocycles. The lowest BCUT2D eigenvalue weighted by atomic mass is 9.78. The Kier molecular flexibility index (Phi) is 4.50. The highest BCUT2D eigenvalue weighted by Gasteiger charge is 2.44. The predicted molar refractivity (Wildman–Crippen MR) is 99.3 cm³/mol. The maximum absolute atomic E-state index is 13.4. The summed E-state index contributed by atoms with van der Waals surface area (Å²) in [4.78, 5) is 18.2. The van der Waals surface area contributed by atoms with Crippen LogP contribution in [0.5, 0.6) is 17.2 Å². The van der Waals surface area contributed by atoms with Crippen molar-refractivity contribution >= 4 is 5.91 Å². The molecular formula is C21H21FN2O5. The lowest BCUT2D eigenvalue weighted by molar-refractivity contribution is -0.0232. The fourth-order valence-corrected chi connectivity index (χ4v) is 4.52. The minimum absolute atomic E-state index is 0.194. The second-order valence-corrected chi connectivity index (χ2v) is 7.83. The molecule has 0 radical (unpaired) electrons. The van der Waals surface area contributed by atoms with Gasteiger partial charge in [0.2, 0.25) is 6.79 Å². The van der Waals surface area contributed by atoms with Crippen LogP contribution in [0.4, 0.5) is 4.39 Å². The summed E-state index contributed by atoms with van der Waals surface area (Å²) in [7, 11) is 0. The molecule has 2 aromatic rings. The van der Waals surface area contributed by atoms with Crippen LogP contribution in [-0.2, 0) is 0 Å². The summed E-state index contributed by atoms with van der Waals surface area (Å²) in [6.45, 7) is 1.31. The summed E-state index contributed by atoms with van der Waals surface area (Å²) < 4.78 is 30.1. The number of aromatic nitrogens is 1. The van der Waals surface area contributed by atoms with Crippen LogP contribution in [0.15, 0.2) is 36.7 Å². The Hall–Kier alpha value is -2.87. The van der Waals surface area contributed by atoms with Crippen molar-refractivity contribution < 1.29 is 28.5 Å². The maximum Gasteiger partial charge on any atom is 0.255 e. The number of pyridine rings is 1. The first-order chi connectivity index (χ1) is 14.1. The Morgan fingerprint density at radius 1 is 1.14 bits per heavy atom. The number of fused-ring (bicyclic) bond motifs is 2. The molecule has 4 atom stereocenters. The Labute approximate surface area is 167 Å². The zero-order chi connectivity index (χ0) is 20.0. The molecule has 0 bridgehead atoms. The van der Waals surface area contributed by atoms with Gasteiger partial charge in [0.1, 0.15) is 17.7 Å². The fourth-order valence-electron chi connectivity index (χ4n) is 4.52. The highest BCUT2D eigenvalue weighted by Crippen LogP contribution is 2.40. The third kappa shape index (κ3) is 3.48. The number of hydrogen-bond donors (Lipinski definition) is 1. The second kappa shape index (κ2) is 7.18. The molecule has 1 aromatic carbocycles. The first kappa shape index (κ1) is 18.2. The van der Waals surface area contributed by atoms with Gasteiger partial charge in [0.15, 0.2) is 11.5 Å². The summed E-state index contributed by atoms with van der Waals surface area (Å²) >= 11 is 0. The van der Waals surface area contributed by atoms with Gasteiger partial charge in [-0.05, 0) is 42.9 Å². The second-order valence-electron chi connectivity index (χ2n) is 7.83. The van der Waals surface area contributed by atoms with E-state index in [1.165, 1.54) is 12.3 Å². The van der Waals surface area contributed by atoms with Crippen molar-refractivity contribution in [1.29, 1.82) is 0 Å². The van der Waals surface area contributed by atoms with Crippen LogP contribution in [0.2, 0.25) is 0 Å². The van der Waals surface area contributed by atoms with E-state index in [9.17, 15) is 14.3 Å². The number of rotatable bonds is 3. The Morgan fingerprint density at radius 2 is 1.93 bits per heavy atom. The van der Waals surface area contributed by atoms with Gasteiger partial charge in [-0.1, -0.05) is 0 Å². The molecule has 8 heteroatoms. The molecule has 1 saturated carbocycles. The van der Waals surface area contributed by atoms with Crippen molar-refractivity contribution in [3.8, 4) is 17.2 Å². The fraction of sp³-hybridized carbons (Fsp3) is 0.429. The summed E-state index contributed by atoms with van der Waals surface area (Å²) in [6.07, 6.45) is 2.69. The number of carbonyl (C=O) groups is 1. The molecule has 3 heterocycles. The molecule has 1 amide bonds. The smallest absolute Gasteiger partial charge is 0.255 e. The van der Waals surface area contributed by atoms with Gasteiger partial charge in [-0.25, -0.2) is 4.39 Å². The lowest BCUT2D eigenvalue weighted by Crippen LogP contribution is -2.42. The molecule has 2 fully saturated rings. The standard InChI is InChI=1S/C21H21FN2O5/c22-15-3-12(7-23-8-15)21(26)24-9-13-4-17(25)19(5-14(13)10-24)29-16-1-2-18-20(6-16)28-11-27-18/h1-3,6-8,13-14,17,19,25H,4-5,9-11H2/t13-,14+,17+,19+/m0/s1. The van der Waals surface area contributed by atoms with E-state index in [4.69, 9.17) is 14.2 Å². The molecule has 0 spiro atoms. The van der Waals surface area contributed by atoms with E-state index in [1.807, 2.05) is 0 Å². The van der Waals surface area contributed by atoms with Crippen LogP contribution in [0, 0.1) is 17.7 Å². The highest BCUT2D eigenvalue weighted by atomic mass is 19.1. The first-order valence-electron chi connectivity index (χ1n) is 9.71. The Balaban J connectivity index is 1.26. The molecule has 152 valence electrons. The zero-order valence-electron chi connectivity index (χ0n) is 15.7. The highest BCUT2D eigenvalue weighted by molar-refractivity contribution is 5.94. The first-order valence-corrected chi connectivity index (χ1v) is 9.71. The van der Waals surface area contributed by atoms with E-state index in [1.54, 1.807) is 23.1 Å². The molecule has 1 aliphatic carbocycles. The lowest BCUT2D eigenvalue weighted by Gasteiger charge is -2.35. The number of hydrogen-bond acceptors (Lipinski definition) is 6. The summed E-state index contributed by atoms with van der Waals surface area (Å²) in [5.41, 5.74) is 0.248. The SMILES string of the molecule is O=C(c1cncc(F)c1)N1C[C@H]2C[C@@H](Oc3ccc4c(c3)OCO4)[C@H](O)C[C@H]2C1. The quantitative estimate of drug-likeness (QED) is 0.851. The van der Waals surface area contributed by atoms with Crippen LogP contribution in [0.1, 0.15) is 23.2 Å². The van der Waals surface area contributed by atoms with E-state index in [-0.39, 0.29) is 36.2 Å². The van der Waals surface area contributed by atoms with Gasteiger partial charge < -0.3 is 24.2 Å². The number of likely N-dealkylation sites (tertiary alicyclic amines) is 1. The van der Waals surface area contributed by atoms with E-state index in [0.29, 0.717) is 43.2 Å². The van der Waals surface area contributed by atoms with Gasteiger partial charge in [0, 0.05) is 25.4 Å². The average Bonchev–Trinajstić information content (AvgIpc) is 3.34. The van der Waals surface area contributed by atoms with Crippen molar-refractivity contribution in [2.45, 2.75) is 25.0 Å². The monoisotopic (exact) mass is 400 g/mol. The molecule has 29 heavy (non-hydrogen) atoms. The average molecular weight is 400 g/mol. The molecule has 7 nitrogen and oxygen atoms in total. The third-order valence-corrected chi connectivity index (χ3v) is 5.96. The minimum atomic E-state index is -0.618. The number of amides is 1. The molecule has 1 N–H and O–H groups in total. The molecule has 3 aliphatic rings. The largest absolute Gasteiger partial charge is 0.488 e. The normalized spacial score (nSPS) is 27.6. The Morgan fingerprint density at radius 3 is 2.76 bits per heavy atom. The van der Waals surface area contributed by atoms with Crippen molar-refractivity contribution in [1.82, 2.24) is 9.88 Å². The predicted octanol–water partition coefficient (Wildman–Crippen LogP) is 2.24. The number of aliphatic hydroxyl groups excluding tert-OH is 1. The molecule has 5 rings (SSSR count). The van der Waals surface area contributed by atoms with E-state index >= 15 is 0 Å². The third-order valence-electron chi connectivity index (χ3n) is 5.96. The number of halogens is 1. The van der Waals surface area contributed by atoms with Gasteiger partial charge in [0.05, 0.1) is 17.9 Å². The van der Waals surface area contributed by atoms with Gasteiger partial charge in [-0.2, -0.15) is 0 Å². The summed E-state index contributed by atoms with van der Waals surface area (Å²) in [5.74, 6) is 1.60. The van der Waals surface area contributed by atoms with Crippen LogP contribution in [-0.4, -0.2) is 53.0 Å². The summed E-state index contributed by atoms with van der Waals surface area (Å²) in [5, 5.41) is 10.6. The van der Waals surface area contributed by atoms with Crippen molar-refractivity contribution in [2.75, 3.05) is 19.9 Å². The maximum atomic E-state index is 13.4. The van der Waals surface area contributed by atoms with Gasteiger partial charge in [-0.15, -0.1) is 0 Å². The van der Waals surface area contributed by atoms with Gasteiger partial charge in [-0.3, -0.25) is 9.78 Å². The topological polar surface area (TPSA) is 81.1 Å². The van der Waals surface area contributed by atoms with Crippen molar-refractivity contribution in [3.05, 3.63) is 48.0 Å². The zero-order valence-corrected chi connectivity index (χ0v) is 15.7. The molecule has 0 unspecified atom stereocenters. The summed E-state index contributed by atoms with van der Waals surface area (Å²) in [6, 6.07) is 6.56.